The van der Waals surface area contributed by atoms with Crippen LogP contribution in [0.3, 0.4) is 0 Å². The fourth-order valence-corrected chi connectivity index (χ4v) is 3.94. The van der Waals surface area contributed by atoms with E-state index in [1.165, 1.54) is 29.7 Å². The first-order valence-corrected chi connectivity index (χ1v) is 9.56. The summed E-state index contributed by atoms with van der Waals surface area (Å²) in [5.74, 6) is 0. The predicted molar refractivity (Wildman–Crippen MR) is 96.1 cm³/mol. The van der Waals surface area contributed by atoms with Crippen molar-refractivity contribution in [3.63, 3.8) is 0 Å². The molecule has 2 rings (SSSR count). The van der Waals surface area contributed by atoms with Crippen molar-refractivity contribution in [3.05, 3.63) is 21.9 Å². The number of hydrogen-bond donors (Lipinski definition) is 1. The third kappa shape index (κ3) is 5.50. The minimum Gasteiger partial charge on any atom is -0.444 e. The van der Waals surface area contributed by atoms with E-state index in [1.807, 2.05) is 39.0 Å². The van der Waals surface area contributed by atoms with E-state index >= 15 is 0 Å². The maximum absolute atomic E-state index is 12.1. The van der Waals surface area contributed by atoms with Crippen LogP contribution >= 0.6 is 11.3 Å². The molecule has 0 saturated carbocycles. The lowest BCUT2D eigenvalue weighted by Crippen LogP contribution is -2.38. The minimum atomic E-state index is -0.430. The number of fused-ring (bicyclic) bond motifs is 1. The fraction of sp³-hybridized carbons (Fsp3) is 0.722. The summed E-state index contributed by atoms with van der Waals surface area (Å²) >= 11 is 1.88. The van der Waals surface area contributed by atoms with Gasteiger partial charge in [0.25, 0.3) is 0 Å². The van der Waals surface area contributed by atoms with Crippen molar-refractivity contribution in [2.45, 2.75) is 65.0 Å². The van der Waals surface area contributed by atoms with E-state index < -0.39 is 5.60 Å². The number of carbonyl (C=O) groups excluding carboxylic acids is 1. The fourth-order valence-electron chi connectivity index (χ4n) is 2.95. The molecule has 0 bridgehead atoms. The summed E-state index contributed by atoms with van der Waals surface area (Å²) < 4.78 is 5.44. The van der Waals surface area contributed by atoms with E-state index in [2.05, 4.69) is 16.8 Å². The molecule has 0 aromatic carbocycles. The van der Waals surface area contributed by atoms with Crippen molar-refractivity contribution < 1.29 is 9.53 Å². The quantitative estimate of drug-likeness (QED) is 0.784. The Hall–Kier alpha value is -1.07. The summed E-state index contributed by atoms with van der Waals surface area (Å²) in [5, 5.41) is 5.86. The van der Waals surface area contributed by atoms with Gasteiger partial charge in [0.05, 0.1) is 0 Å². The SMILES string of the molecule is CCN(CCCNC1CCCc2sccc21)C(=O)OC(C)(C)C. The number of carbonyl (C=O) groups is 1. The van der Waals surface area contributed by atoms with Gasteiger partial charge < -0.3 is 15.0 Å². The summed E-state index contributed by atoms with van der Waals surface area (Å²) in [6, 6.07) is 2.75. The number of nitrogens with zero attached hydrogens (tertiary/aromatic N) is 1. The molecule has 1 aromatic heterocycles. The van der Waals surface area contributed by atoms with Crippen LogP contribution in [0.1, 0.15) is 63.4 Å². The van der Waals surface area contributed by atoms with Gasteiger partial charge >= 0.3 is 6.09 Å². The molecule has 4 nitrogen and oxygen atoms in total. The highest BCUT2D eigenvalue weighted by atomic mass is 32.1. The molecule has 0 fully saturated rings. The Morgan fingerprint density at radius 3 is 2.96 bits per heavy atom. The summed E-state index contributed by atoms with van der Waals surface area (Å²) in [6.07, 6.45) is 4.45. The van der Waals surface area contributed by atoms with Gasteiger partial charge in [-0.1, -0.05) is 0 Å². The molecule has 1 aromatic rings. The standard InChI is InChI=1S/C18H30N2O2S/c1-5-20(17(21)22-18(2,3)4)12-7-11-19-15-8-6-9-16-14(15)10-13-23-16/h10,13,15,19H,5-9,11-12H2,1-4H3. The Morgan fingerprint density at radius 1 is 1.48 bits per heavy atom. The van der Waals surface area contributed by atoms with Crippen LogP contribution in [0.4, 0.5) is 4.79 Å². The van der Waals surface area contributed by atoms with Crippen molar-refractivity contribution in [3.8, 4) is 0 Å². The molecule has 0 spiro atoms. The van der Waals surface area contributed by atoms with Gasteiger partial charge in [-0.05, 0) is 76.9 Å². The lowest BCUT2D eigenvalue weighted by Gasteiger charge is -2.27. The Kier molecular flexibility index (Phi) is 6.48. The molecule has 1 unspecified atom stereocenters. The lowest BCUT2D eigenvalue weighted by atomic mass is 9.94. The van der Waals surface area contributed by atoms with Gasteiger partial charge in [0.1, 0.15) is 5.60 Å². The molecule has 0 saturated heterocycles. The van der Waals surface area contributed by atoms with Crippen molar-refractivity contribution in [1.82, 2.24) is 10.2 Å². The van der Waals surface area contributed by atoms with Gasteiger partial charge in [-0.3, -0.25) is 0 Å². The first-order chi connectivity index (χ1) is 10.9. The summed E-state index contributed by atoms with van der Waals surface area (Å²) in [6.45, 7) is 10.1. The number of nitrogens with one attached hydrogen (secondary N) is 1. The van der Waals surface area contributed by atoms with Crippen LogP contribution in [0.2, 0.25) is 0 Å². The number of ether oxygens (including phenoxy) is 1. The van der Waals surface area contributed by atoms with E-state index in [-0.39, 0.29) is 6.09 Å². The Bertz CT molecular complexity index is 507. The summed E-state index contributed by atoms with van der Waals surface area (Å²) in [7, 11) is 0. The molecule has 1 aliphatic rings. The van der Waals surface area contributed by atoms with Gasteiger partial charge in [0.2, 0.25) is 0 Å². The van der Waals surface area contributed by atoms with E-state index in [1.54, 1.807) is 4.90 Å². The molecular weight excluding hydrogens is 308 g/mol. The Balaban J connectivity index is 1.73. The number of hydrogen-bond acceptors (Lipinski definition) is 4. The van der Waals surface area contributed by atoms with Crippen molar-refractivity contribution in [2.75, 3.05) is 19.6 Å². The third-order valence-corrected chi connectivity index (χ3v) is 5.08. The highest BCUT2D eigenvalue weighted by Crippen LogP contribution is 2.33. The molecule has 0 radical (unpaired) electrons. The molecule has 23 heavy (non-hydrogen) atoms. The zero-order chi connectivity index (χ0) is 16.9. The summed E-state index contributed by atoms with van der Waals surface area (Å²) in [4.78, 5) is 15.4. The molecule has 0 aliphatic heterocycles. The molecule has 5 heteroatoms. The van der Waals surface area contributed by atoms with Crippen molar-refractivity contribution in [1.29, 1.82) is 0 Å². The molecule has 1 aliphatic carbocycles. The number of rotatable bonds is 6. The van der Waals surface area contributed by atoms with Crippen LogP contribution in [0.25, 0.3) is 0 Å². The van der Waals surface area contributed by atoms with E-state index in [0.29, 0.717) is 12.6 Å². The first kappa shape index (κ1) is 18.3. The lowest BCUT2D eigenvalue weighted by molar-refractivity contribution is 0.0258. The van der Waals surface area contributed by atoms with Gasteiger partial charge in [0, 0.05) is 24.0 Å². The number of aryl methyl sites for hydroxylation is 1. The minimum absolute atomic E-state index is 0.210. The largest absolute Gasteiger partial charge is 0.444 e. The van der Waals surface area contributed by atoms with Gasteiger partial charge in [-0.25, -0.2) is 4.79 Å². The van der Waals surface area contributed by atoms with Crippen LogP contribution in [0.5, 0.6) is 0 Å². The Morgan fingerprint density at radius 2 is 2.26 bits per heavy atom. The van der Waals surface area contributed by atoms with Crippen molar-refractivity contribution in [2.24, 2.45) is 0 Å². The van der Waals surface area contributed by atoms with Crippen LogP contribution in [0.15, 0.2) is 11.4 Å². The zero-order valence-corrected chi connectivity index (χ0v) is 15.7. The van der Waals surface area contributed by atoms with E-state index in [4.69, 9.17) is 4.74 Å². The molecule has 130 valence electrons. The summed E-state index contributed by atoms with van der Waals surface area (Å²) in [5.41, 5.74) is 1.06. The molecule has 1 N–H and O–H groups in total. The van der Waals surface area contributed by atoms with Crippen LogP contribution in [0, 0.1) is 0 Å². The average Bonchev–Trinajstić information content (AvgIpc) is 2.94. The maximum Gasteiger partial charge on any atom is 0.410 e. The second-order valence-corrected chi connectivity index (χ2v) is 8.11. The molecule has 1 amide bonds. The van der Waals surface area contributed by atoms with Crippen LogP contribution in [-0.2, 0) is 11.2 Å². The highest BCUT2D eigenvalue weighted by Gasteiger charge is 2.22. The van der Waals surface area contributed by atoms with Gasteiger partial charge in [-0.15, -0.1) is 11.3 Å². The average molecular weight is 339 g/mol. The maximum atomic E-state index is 12.1. The van der Waals surface area contributed by atoms with E-state index in [9.17, 15) is 4.79 Å². The second kappa shape index (κ2) is 8.15. The first-order valence-electron chi connectivity index (χ1n) is 8.68. The second-order valence-electron chi connectivity index (χ2n) is 7.11. The highest BCUT2D eigenvalue weighted by molar-refractivity contribution is 7.10. The van der Waals surface area contributed by atoms with Gasteiger partial charge in [0.15, 0.2) is 0 Å². The predicted octanol–water partition coefficient (Wildman–Crippen LogP) is 4.36. The number of amides is 1. The topological polar surface area (TPSA) is 41.6 Å². The smallest absolute Gasteiger partial charge is 0.410 e. The molecular formula is C18H30N2O2S. The number of thiophene rings is 1. The van der Waals surface area contributed by atoms with Gasteiger partial charge in [-0.2, -0.15) is 0 Å². The normalized spacial score (nSPS) is 17.7. The van der Waals surface area contributed by atoms with Crippen LogP contribution in [-0.4, -0.2) is 36.2 Å². The van der Waals surface area contributed by atoms with Crippen LogP contribution < -0.4 is 5.32 Å². The molecule has 1 atom stereocenters. The molecule has 1 heterocycles. The zero-order valence-electron chi connectivity index (χ0n) is 14.9. The monoisotopic (exact) mass is 338 g/mol. The third-order valence-electron chi connectivity index (χ3n) is 4.08. The van der Waals surface area contributed by atoms with E-state index in [0.717, 1.165) is 19.5 Å². The Labute approximate surface area is 144 Å². The van der Waals surface area contributed by atoms with Crippen molar-refractivity contribution >= 4 is 17.4 Å².